The molecule has 1 atom stereocenters. The Morgan fingerprint density at radius 1 is 0.638 bits per heavy atom. The minimum atomic E-state index is -0.991. The minimum Gasteiger partial charge on any atom is -0.351 e. The summed E-state index contributed by atoms with van der Waals surface area (Å²) in [4.78, 5) is 27.0. The van der Waals surface area contributed by atoms with Crippen LogP contribution in [0.5, 0.6) is 0 Å². The molecule has 2 amide bonds. The van der Waals surface area contributed by atoms with Crippen LogP contribution >= 0.6 is 0 Å². The van der Waals surface area contributed by atoms with E-state index in [0.717, 1.165) is 33.4 Å². The van der Waals surface area contributed by atoms with E-state index in [1.165, 1.54) is 0 Å². The van der Waals surface area contributed by atoms with E-state index in [1.54, 1.807) is 0 Å². The number of benzene rings is 5. The minimum absolute atomic E-state index is 0.0215. The molecule has 47 heavy (non-hydrogen) atoms. The highest BCUT2D eigenvalue weighted by atomic mass is 16.2. The number of nitrogens with zero attached hydrogens (tertiary/aromatic N) is 2. The summed E-state index contributed by atoms with van der Waals surface area (Å²) in [6.07, 6.45) is 0. The summed E-state index contributed by atoms with van der Waals surface area (Å²) in [5, 5.41) is 26.2. The van der Waals surface area contributed by atoms with E-state index in [4.69, 9.17) is 0 Å². The molecule has 0 saturated heterocycles. The first-order valence-electron chi connectivity index (χ1n) is 15.3. The number of hydrogen-bond donors (Lipinski definition) is 2. The van der Waals surface area contributed by atoms with Gasteiger partial charge in [-0.15, -0.1) is 0 Å². The van der Waals surface area contributed by atoms with Gasteiger partial charge < -0.3 is 10.6 Å². The zero-order chi connectivity index (χ0) is 33.1. The second-order valence-corrected chi connectivity index (χ2v) is 11.3. The summed E-state index contributed by atoms with van der Waals surface area (Å²) in [5.74, 6) is -1.85. The van der Waals surface area contributed by atoms with Gasteiger partial charge >= 0.3 is 0 Å². The second kappa shape index (κ2) is 15.2. The lowest BCUT2D eigenvalue weighted by molar-refractivity contribution is -0.124. The summed E-state index contributed by atoms with van der Waals surface area (Å²) in [5.41, 5.74) is 4.62. The molecule has 0 bridgehead atoms. The van der Waals surface area contributed by atoms with Gasteiger partial charge in [-0.2, -0.15) is 10.5 Å². The number of carbonyl (C=O) groups is 2. The van der Waals surface area contributed by atoms with E-state index in [-0.39, 0.29) is 24.6 Å². The van der Waals surface area contributed by atoms with E-state index in [0.29, 0.717) is 5.57 Å². The molecule has 0 aliphatic rings. The van der Waals surface area contributed by atoms with Gasteiger partial charge in [0.1, 0.15) is 17.6 Å². The largest absolute Gasteiger partial charge is 0.351 e. The van der Waals surface area contributed by atoms with Crippen molar-refractivity contribution in [2.45, 2.75) is 25.4 Å². The fourth-order valence-electron chi connectivity index (χ4n) is 5.82. The molecule has 5 aromatic carbocycles. The topological polar surface area (TPSA) is 106 Å². The lowest BCUT2D eigenvalue weighted by Crippen LogP contribution is -2.43. The van der Waals surface area contributed by atoms with Gasteiger partial charge in [-0.1, -0.05) is 146 Å². The smallest absolute Gasteiger partial charge is 0.262 e. The van der Waals surface area contributed by atoms with Gasteiger partial charge in [-0.05, 0) is 40.3 Å². The Balaban J connectivity index is 1.31. The third-order valence-corrected chi connectivity index (χ3v) is 8.34. The average molecular weight is 615 g/mol. The molecule has 0 aliphatic heterocycles. The molecule has 0 spiro atoms. The van der Waals surface area contributed by atoms with Crippen molar-refractivity contribution < 1.29 is 9.59 Å². The fraction of sp³-hybridized carbons (Fsp3) is 0.122. The Morgan fingerprint density at radius 3 is 1.53 bits per heavy atom. The van der Waals surface area contributed by atoms with E-state index in [2.05, 4.69) is 22.8 Å². The van der Waals surface area contributed by atoms with Gasteiger partial charge in [0.25, 0.3) is 5.91 Å². The molecule has 0 aliphatic carbocycles. The van der Waals surface area contributed by atoms with E-state index < -0.39 is 17.2 Å². The zero-order valence-corrected chi connectivity index (χ0v) is 26.1. The van der Waals surface area contributed by atoms with Gasteiger partial charge in [0.2, 0.25) is 5.91 Å². The molecule has 0 saturated carbocycles. The number of nitrogens with one attached hydrogen (secondary N) is 2. The highest BCUT2D eigenvalue weighted by Gasteiger charge is 2.42. The lowest BCUT2D eigenvalue weighted by Gasteiger charge is -2.34. The second-order valence-electron chi connectivity index (χ2n) is 11.3. The monoisotopic (exact) mass is 614 g/mol. The van der Waals surface area contributed by atoms with Gasteiger partial charge in [-0.3, -0.25) is 9.59 Å². The highest BCUT2D eigenvalue weighted by Crippen LogP contribution is 2.39. The molecule has 0 aromatic heterocycles. The number of nitriles is 2. The third kappa shape index (κ3) is 7.36. The van der Waals surface area contributed by atoms with Crippen LogP contribution in [0.2, 0.25) is 0 Å². The van der Waals surface area contributed by atoms with Crippen LogP contribution in [0.4, 0.5) is 0 Å². The molecule has 5 aromatic rings. The first kappa shape index (κ1) is 32.2. The summed E-state index contributed by atoms with van der Waals surface area (Å²) in [7, 11) is 0. The third-order valence-electron chi connectivity index (χ3n) is 8.34. The van der Waals surface area contributed by atoms with Crippen molar-refractivity contribution in [1.82, 2.24) is 10.6 Å². The lowest BCUT2D eigenvalue weighted by atomic mass is 9.67. The van der Waals surface area contributed by atoms with Crippen molar-refractivity contribution in [3.63, 3.8) is 0 Å². The normalized spacial score (nSPS) is 11.3. The van der Waals surface area contributed by atoms with Gasteiger partial charge in [0.15, 0.2) is 0 Å². The number of hydrogen-bond acceptors (Lipinski definition) is 4. The summed E-state index contributed by atoms with van der Waals surface area (Å²) in [6.45, 7) is 2.32. The van der Waals surface area contributed by atoms with Gasteiger partial charge in [-0.25, -0.2) is 0 Å². The average Bonchev–Trinajstić information content (AvgIpc) is 3.13. The van der Waals surface area contributed by atoms with Crippen LogP contribution < -0.4 is 10.6 Å². The molecule has 0 radical (unpaired) electrons. The van der Waals surface area contributed by atoms with Gasteiger partial charge in [0.05, 0.1) is 6.07 Å². The molecule has 5 rings (SSSR count). The first-order valence-corrected chi connectivity index (χ1v) is 15.3. The Bertz CT molecular complexity index is 1860. The van der Waals surface area contributed by atoms with E-state index >= 15 is 0 Å². The highest BCUT2D eigenvalue weighted by molar-refractivity contribution is 6.08. The Kier molecular flexibility index (Phi) is 10.4. The summed E-state index contributed by atoms with van der Waals surface area (Å²) in [6, 6.07) is 49.9. The van der Waals surface area contributed by atoms with Crippen LogP contribution in [0.1, 0.15) is 40.3 Å². The fourth-order valence-corrected chi connectivity index (χ4v) is 5.82. The Hall–Kier alpha value is -6.24. The summed E-state index contributed by atoms with van der Waals surface area (Å²) >= 11 is 0. The van der Waals surface area contributed by atoms with Crippen LogP contribution in [-0.4, -0.2) is 11.8 Å². The van der Waals surface area contributed by atoms with Crippen molar-refractivity contribution in [2.75, 3.05) is 0 Å². The number of carbonyl (C=O) groups excluding carboxylic acids is 2. The van der Waals surface area contributed by atoms with Crippen molar-refractivity contribution in [3.05, 3.63) is 185 Å². The standard InChI is InChI=1S/C41H34N4O2/c1-41(34-21-10-4-11-22-34,35-23-12-5-13-24-35)37(27-43)40(47)45-29-31-16-14-15-30(25-31)28-44-39(46)36(26-42)38(32-17-6-2-7-18-32)33-19-8-3-9-20-33/h2-25,37H,28-29H2,1H3,(H,44,46)(H,45,47). The number of amides is 2. The Morgan fingerprint density at radius 2 is 1.09 bits per heavy atom. The van der Waals surface area contributed by atoms with Crippen LogP contribution in [0.3, 0.4) is 0 Å². The zero-order valence-electron chi connectivity index (χ0n) is 26.1. The first-order chi connectivity index (χ1) is 23.0. The SMILES string of the molecule is CC(c1ccccc1)(c1ccccc1)C(C#N)C(=O)NCc1cccc(CNC(=O)C(C#N)=C(c2ccccc2)c2ccccc2)c1. The maximum Gasteiger partial charge on any atom is 0.262 e. The maximum atomic E-state index is 13.6. The molecule has 6 heteroatoms. The molecule has 230 valence electrons. The molecule has 2 N–H and O–H groups in total. The van der Waals surface area contributed by atoms with Crippen LogP contribution in [0, 0.1) is 28.6 Å². The Labute approximate surface area is 275 Å². The van der Waals surface area contributed by atoms with Crippen LogP contribution in [0.25, 0.3) is 5.57 Å². The quantitative estimate of drug-likeness (QED) is 0.122. The molecule has 6 nitrogen and oxygen atoms in total. The van der Waals surface area contributed by atoms with Gasteiger partial charge in [0, 0.05) is 24.1 Å². The number of rotatable bonds is 11. The van der Waals surface area contributed by atoms with E-state index in [1.807, 2.05) is 153 Å². The molecular weight excluding hydrogens is 580 g/mol. The van der Waals surface area contributed by atoms with Crippen LogP contribution in [-0.2, 0) is 28.1 Å². The predicted octanol–water partition coefficient (Wildman–Crippen LogP) is 7.09. The van der Waals surface area contributed by atoms with Crippen LogP contribution in [0.15, 0.2) is 151 Å². The molecule has 0 heterocycles. The van der Waals surface area contributed by atoms with Crippen molar-refractivity contribution in [1.29, 1.82) is 10.5 Å². The van der Waals surface area contributed by atoms with E-state index in [9.17, 15) is 20.1 Å². The summed E-state index contributed by atoms with van der Waals surface area (Å²) < 4.78 is 0. The predicted molar refractivity (Wildman–Crippen MR) is 183 cm³/mol. The molecule has 1 unspecified atom stereocenters. The van der Waals surface area contributed by atoms with Crippen molar-refractivity contribution in [2.24, 2.45) is 5.92 Å². The maximum absolute atomic E-state index is 13.6. The molecule has 0 fully saturated rings. The molecular formula is C41H34N4O2. The van der Waals surface area contributed by atoms with Crippen molar-refractivity contribution >= 4 is 17.4 Å². The van der Waals surface area contributed by atoms with Crippen molar-refractivity contribution in [3.8, 4) is 12.1 Å².